The van der Waals surface area contributed by atoms with Crippen LogP contribution in [0.2, 0.25) is 0 Å². The Labute approximate surface area is 121 Å². The van der Waals surface area contributed by atoms with E-state index in [9.17, 15) is 0 Å². The lowest BCUT2D eigenvalue weighted by atomic mass is 10.1. The predicted molar refractivity (Wildman–Crippen MR) is 85.7 cm³/mol. The van der Waals surface area contributed by atoms with Gasteiger partial charge in [0.2, 0.25) is 0 Å². The Morgan fingerprint density at radius 3 is 2.00 bits per heavy atom. The van der Waals surface area contributed by atoms with Gasteiger partial charge in [0.25, 0.3) is 0 Å². The maximum absolute atomic E-state index is 3.39. The van der Waals surface area contributed by atoms with Crippen LogP contribution in [0.5, 0.6) is 0 Å². The molecule has 1 N–H and O–H groups in total. The molecule has 1 unspecified atom stereocenters. The molecule has 2 heteroatoms. The van der Waals surface area contributed by atoms with E-state index >= 15 is 0 Å². The summed E-state index contributed by atoms with van der Waals surface area (Å²) >= 11 is 0. The number of likely N-dealkylation sites (N-methyl/N-ethyl adjacent to an activating group) is 1. The number of likely N-dealkylation sites (tertiary alicyclic amines) is 1. The Morgan fingerprint density at radius 1 is 0.895 bits per heavy atom. The van der Waals surface area contributed by atoms with Crippen LogP contribution in [0.25, 0.3) is 0 Å². The van der Waals surface area contributed by atoms with Gasteiger partial charge in [-0.25, -0.2) is 0 Å². The summed E-state index contributed by atoms with van der Waals surface area (Å²) in [5.41, 5.74) is 0. The fourth-order valence-corrected chi connectivity index (χ4v) is 3.09. The van der Waals surface area contributed by atoms with E-state index in [4.69, 9.17) is 0 Å². The van der Waals surface area contributed by atoms with Crippen molar-refractivity contribution in [2.24, 2.45) is 0 Å². The van der Waals surface area contributed by atoms with E-state index in [-0.39, 0.29) is 0 Å². The lowest BCUT2D eigenvalue weighted by Gasteiger charge is -2.15. The lowest BCUT2D eigenvalue weighted by molar-refractivity contribution is 0.319. The highest BCUT2D eigenvalue weighted by atomic mass is 15.2. The second kappa shape index (κ2) is 11.7. The molecule has 0 bridgehead atoms. The topological polar surface area (TPSA) is 15.3 Å². The lowest BCUT2D eigenvalue weighted by Crippen LogP contribution is -2.30. The maximum Gasteiger partial charge on any atom is 0.0204 e. The molecule has 0 aromatic heterocycles. The van der Waals surface area contributed by atoms with Gasteiger partial charge in [0.1, 0.15) is 0 Å². The number of rotatable bonds is 12. The van der Waals surface area contributed by atoms with Crippen LogP contribution in [-0.2, 0) is 0 Å². The van der Waals surface area contributed by atoms with Crippen molar-refractivity contribution in [1.82, 2.24) is 10.2 Å². The van der Waals surface area contributed by atoms with Crippen molar-refractivity contribution in [2.75, 3.05) is 26.7 Å². The zero-order valence-electron chi connectivity index (χ0n) is 13.4. The molecule has 1 fully saturated rings. The van der Waals surface area contributed by atoms with E-state index in [1.54, 1.807) is 0 Å². The van der Waals surface area contributed by atoms with E-state index < -0.39 is 0 Å². The van der Waals surface area contributed by atoms with Gasteiger partial charge in [0.05, 0.1) is 0 Å². The van der Waals surface area contributed by atoms with E-state index in [1.807, 2.05) is 0 Å². The molecule has 0 aromatic rings. The van der Waals surface area contributed by atoms with Crippen LogP contribution in [0.4, 0.5) is 0 Å². The summed E-state index contributed by atoms with van der Waals surface area (Å²) in [4.78, 5) is 2.63. The van der Waals surface area contributed by atoms with Crippen molar-refractivity contribution in [1.29, 1.82) is 0 Å². The Hall–Kier alpha value is -0.0800. The standard InChI is InChI=1S/C17H36N2/c1-3-4-5-6-7-8-9-10-11-12-14-19-15-13-17(16-19)18-2/h17-18H,3-16H2,1-2H3. The fraction of sp³-hybridized carbons (Fsp3) is 1.00. The molecule has 1 heterocycles. The first-order chi connectivity index (χ1) is 9.36. The van der Waals surface area contributed by atoms with Crippen LogP contribution in [0.3, 0.4) is 0 Å². The summed E-state index contributed by atoms with van der Waals surface area (Å²) in [5.74, 6) is 0. The molecule has 1 aliphatic heterocycles. The molecule has 19 heavy (non-hydrogen) atoms. The highest BCUT2D eigenvalue weighted by Crippen LogP contribution is 2.13. The first-order valence-corrected chi connectivity index (χ1v) is 8.76. The van der Waals surface area contributed by atoms with Crippen molar-refractivity contribution in [3.8, 4) is 0 Å². The van der Waals surface area contributed by atoms with Crippen molar-refractivity contribution in [3.63, 3.8) is 0 Å². The predicted octanol–water partition coefficient (Wildman–Crippen LogP) is 4.20. The largest absolute Gasteiger partial charge is 0.316 e. The van der Waals surface area contributed by atoms with Crippen LogP contribution in [0.1, 0.15) is 77.6 Å². The average molecular weight is 268 g/mol. The first-order valence-electron chi connectivity index (χ1n) is 8.76. The molecule has 0 radical (unpaired) electrons. The quantitative estimate of drug-likeness (QED) is 0.534. The molecule has 0 aromatic carbocycles. The minimum atomic E-state index is 0.753. The molecular weight excluding hydrogens is 232 g/mol. The third-order valence-electron chi connectivity index (χ3n) is 4.51. The van der Waals surface area contributed by atoms with Gasteiger partial charge in [-0.05, 0) is 33.0 Å². The molecule has 0 saturated carbocycles. The number of hydrogen-bond donors (Lipinski definition) is 1. The van der Waals surface area contributed by atoms with Crippen molar-refractivity contribution in [3.05, 3.63) is 0 Å². The molecule has 2 nitrogen and oxygen atoms in total. The number of nitrogens with zero attached hydrogens (tertiary/aromatic N) is 1. The zero-order valence-corrected chi connectivity index (χ0v) is 13.4. The van der Waals surface area contributed by atoms with E-state index in [2.05, 4.69) is 24.2 Å². The Morgan fingerprint density at radius 2 is 1.47 bits per heavy atom. The van der Waals surface area contributed by atoms with Gasteiger partial charge in [-0.1, -0.05) is 64.7 Å². The second-order valence-corrected chi connectivity index (χ2v) is 6.26. The normalized spacial score (nSPS) is 20.2. The smallest absolute Gasteiger partial charge is 0.0204 e. The zero-order chi connectivity index (χ0) is 13.8. The van der Waals surface area contributed by atoms with Gasteiger partial charge >= 0.3 is 0 Å². The van der Waals surface area contributed by atoms with Gasteiger partial charge in [0, 0.05) is 12.6 Å². The molecule has 114 valence electrons. The van der Waals surface area contributed by atoms with Gasteiger partial charge < -0.3 is 10.2 Å². The van der Waals surface area contributed by atoms with Crippen LogP contribution in [0, 0.1) is 0 Å². The Balaban J connectivity index is 1.77. The monoisotopic (exact) mass is 268 g/mol. The summed E-state index contributed by atoms with van der Waals surface area (Å²) in [6.45, 7) is 6.20. The van der Waals surface area contributed by atoms with Crippen LogP contribution < -0.4 is 5.32 Å². The highest BCUT2D eigenvalue weighted by molar-refractivity contribution is 4.79. The molecule has 0 spiro atoms. The molecule has 1 saturated heterocycles. The van der Waals surface area contributed by atoms with Gasteiger partial charge in [0.15, 0.2) is 0 Å². The molecule has 0 aliphatic carbocycles. The van der Waals surface area contributed by atoms with Crippen molar-refractivity contribution < 1.29 is 0 Å². The minimum Gasteiger partial charge on any atom is -0.316 e. The molecule has 1 atom stereocenters. The molecule has 1 rings (SSSR count). The summed E-state index contributed by atoms with van der Waals surface area (Å²) in [5, 5.41) is 3.39. The number of nitrogens with one attached hydrogen (secondary N) is 1. The first kappa shape index (κ1) is 17.0. The third-order valence-corrected chi connectivity index (χ3v) is 4.51. The minimum absolute atomic E-state index is 0.753. The summed E-state index contributed by atoms with van der Waals surface area (Å²) in [6.07, 6.45) is 15.8. The van der Waals surface area contributed by atoms with E-state index in [0.717, 1.165) is 6.04 Å². The van der Waals surface area contributed by atoms with E-state index in [0.29, 0.717) is 0 Å². The third kappa shape index (κ3) is 8.65. The molecular formula is C17H36N2. The maximum atomic E-state index is 3.39. The number of unbranched alkanes of at least 4 members (excludes halogenated alkanes) is 9. The van der Waals surface area contributed by atoms with Gasteiger partial charge in [-0.2, -0.15) is 0 Å². The van der Waals surface area contributed by atoms with Gasteiger partial charge in [-0.3, -0.25) is 0 Å². The summed E-state index contributed by atoms with van der Waals surface area (Å²) < 4.78 is 0. The van der Waals surface area contributed by atoms with Crippen LogP contribution in [0.15, 0.2) is 0 Å². The van der Waals surface area contributed by atoms with Crippen LogP contribution in [-0.4, -0.2) is 37.6 Å². The highest BCUT2D eigenvalue weighted by Gasteiger charge is 2.19. The van der Waals surface area contributed by atoms with E-state index in [1.165, 1.54) is 90.3 Å². The van der Waals surface area contributed by atoms with Crippen molar-refractivity contribution >= 4 is 0 Å². The average Bonchev–Trinajstić information content (AvgIpc) is 2.89. The molecule has 1 aliphatic rings. The Bertz CT molecular complexity index is 194. The number of hydrogen-bond acceptors (Lipinski definition) is 2. The van der Waals surface area contributed by atoms with Crippen molar-refractivity contribution in [2.45, 2.75) is 83.6 Å². The van der Waals surface area contributed by atoms with Gasteiger partial charge in [-0.15, -0.1) is 0 Å². The Kier molecular flexibility index (Phi) is 10.5. The second-order valence-electron chi connectivity index (χ2n) is 6.26. The SMILES string of the molecule is CCCCCCCCCCCCN1CCC(NC)C1. The van der Waals surface area contributed by atoms with Crippen LogP contribution >= 0.6 is 0 Å². The summed E-state index contributed by atoms with van der Waals surface area (Å²) in [7, 11) is 2.09. The fourth-order valence-electron chi connectivity index (χ4n) is 3.09. The molecule has 0 amide bonds. The summed E-state index contributed by atoms with van der Waals surface area (Å²) in [6, 6.07) is 0.753.